The molecule has 0 N–H and O–H groups in total. The highest BCUT2D eigenvalue weighted by atomic mass is 32.1. The molecule has 0 atom stereocenters. The number of nitrogens with zero attached hydrogens (tertiary/aromatic N) is 3. The zero-order valence-electron chi connectivity index (χ0n) is 17.1. The molecule has 1 aromatic carbocycles. The number of thiazole rings is 2. The molecule has 4 rings (SSSR count). The van der Waals surface area contributed by atoms with Crippen molar-refractivity contribution in [2.45, 2.75) is 27.4 Å². The minimum atomic E-state index is -0.494. The maximum Gasteiger partial charge on any atom is 0.358 e. The lowest BCUT2D eigenvalue weighted by molar-refractivity contribution is -0.115. The van der Waals surface area contributed by atoms with Gasteiger partial charge in [-0.25, -0.2) is 14.8 Å². The first kappa shape index (κ1) is 21.4. The Bertz CT molecular complexity index is 1230. The number of ether oxygens (including phenoxy) is 1. The van der Waals surface area contributed by atoms with Gasteiger partial charge in [0, 0.05) is 17.7 Å². The van der Waals surface area contributed by atoms with Gasteiger partial charge in [-0.3, -0.25) is 9.69 Å². The van der Waals surface area contributed by atoms with Crippen LogP contribution in [0, 0.1) is 13.8 Å². The molecule has 0 bridgehead atoms. The first-order valence-electron chi connectivity index (χ1n) is 9.41. The van der Waals surface area contributed by atoms with E-state index in [9.17, 15) is 9.59 Å². The molecule has 3 heterocycles. The zero-order chi connectivity index (χ0) is 22.0. The molecule has 4 aromatic rings. The van der Waals surface area contributed by atoms with E-state index in [1.807, 2.05) is 49.6 Å². The van der Waals surface area contributed by atoms with Gasteiger partial charge in [-0.15, -0.1) is 34.0 Å². The summed E-state index contributed by atoms with van der Waals surface area (Å²) in [5.74, 6) is -0.625. The second kappa shape index (κ2) is 9.09. The van der Waals surface area contributed by atoms with Crippen LogP contribution < -0.4 is 4.90 Å². The van der Waals surface area contributed by atoms with Crippen LogP contribution >= 0.6 is 34.0 Å². The van der Waals surface area contributed by atoms with Gasteiger partial charge in [-0.1, -0.05) is 23.8 Å². The lowest BCUT2D eigenvalue weighted by atomic mass is 10.1. The molecular formula is C22H19N3O3S3. The quantitative estimate of drug-likeness (QED) is 0.325. The molecule has 0 saturated carbocycles. The number of carbonyl (C=O) groups is 2. The van der Waals surface area contributed by atoms with Crippen LogP contribution in [0.4, 0.5) is 10.8 Å². The van der Waals surface area contributed by atoms with Crippen LogP contribution in [0.5, 0.6) is 0 Å². The lowest BCUT2D eigenvalue weighted by Crippen LogP contribution is -2.23. The highest BCUT2D eigenvalue weighted by molar-refractivity contribution is 7.20. The van der Waals surface area contributed by atoms with E-state index in [1.165, 1.54) is 29.6 Å². The molecule has 0 unspecified atom stereocenters. The van der Waals surface area contributed by atoms with Crippen LogP contribution in [0.25, 0.3) is 9.88 Å². The predicted molar refractivity (Wildman–Crippen MR) is 125 cm³/mol. The minimum Gasteiger partial charge on any atom is -0.454 e. The number of thiophene rings is 1. The molecule has 0 aliphatic rings. The Labute approximate surface area is 191 Å². The van der Waals surface area contributed by atoms with Crippen molar-refractivity contribution in [3.63, 3.8) is 0 Å². The number of aromatic nitrogens is 2. The molecule has 0 aliphatic carbocycles. The van der Waals surface area contributed by atoms with Crippen molar-refractivity contribution in [2.75, 3.05) is 4.90 Å². The maximum absolute atomic E-state index is 12.4. The Kier molecular flexibility index (Phi) is 6.26. The van der Waals surface area contributed by atoms with Gasteiger partial charge in [0.15, 0.2) is 10.8 Å². The van der Waals surface area contributed by atoms with Crippen molar-refractivity contribution in [3.05, 3.63) is 69.0 Å². The second-order valence-electron chi connectivity index (χ2n) is 6.86. The molecule has 1 amide bonds. The Hall–Kier alpha value is -2.88. The predicted octanol–water partition coefficient (Wildman–Crippen LogP) is 5.99. The molecular weight excluding hydrogens is 450 g/mol. The van der Waals surface area contributed by atoms with Crippen LogP contribution in [0.3, 0.4) is 0 Å². The van der Waals surface area contributed by atoms with Crippen molar-refractivity contribution in [1.29, 1.82) is 0 Å². The number of esters is 1. The third-order valence-corrected chi connectivity index (χ3v) is 7.19. The molecule has 0 aliphatic heterocycles. The standard InChI is InChI=1S/C22H19N3O3S3/c1-13-6-7-18(14(2)9-13)25(15(3)26)22-23-16(11-31-22)10-28-21(27)17-12-30-20(24-17)19-5-4-8-29-19/h4-9,11-12H,10H2,1-3H3. The summed E-state index contributed by atoms with van der Waals surface area (Å²) >= 11 is 4.32. The summed E-state index contributed by atoms with van der Waals surface area (Å²) < 4.78 is 5.39. The number of hydrogen-bond acceptors (Lipinski definition) is 8. The van der Waals surface area contributed by atoms with Gasteiger partial charge in [0.1, 0.15) is 11.6 Å². The molecule has 9 heteroatoms. The summed E-state index contributed by atoms with van der Waals surface area (Å²) in [7, 11) is 0. The second-order valence-corrected chi connectivity index (χ2v) is 9.50. The number of benzene rings is 1. The van der Waals surface area contributed by atoms with E-state index in [4.69, 9.17) is 4.74 Å². The fraction of sp³-hybridized carbons (Fsp3) is 0.182. The van der Waals surface area contributed by atoms with Gasteiger partial charge < -0.3 is 4.74 Å². The smallest absolute Gasteiger partial charge is 0.358 e. The van der Waals surface area contributed by atoms with E-state index in [-0.39, 0.29) is 18.2 Å². The number of carbonyl (C=O) groups excluding carboxylic acids is 2. The highest BCUT2D eigenvalue weighted by Crippen LogP contribution is 2.32. The van der Waals surface area contributed by atoms with E-state index >= 15 is 0 Å². The minimum absolute atomic E-state index is 0.0137. The molecule has 6 nitrogen and oxygen atoms in total. The van der Waals surface area contributed by atoms with Crippen LogP contribution in [-0.4, -0.2) is 21.8 Å². The monoisotopic (exact) mass is 469 g/mol. The lowest BCUT2D eigenvalue weighted by Gasteiger charge is -2.20. The van der Waals surface area contributed by atoms with Gasteiger partial charge in [-0.2, -0.15) is 0 Å². The third kappa shape index (κ3) is 4.73. The van der Waals surface area contributed by atoms with E-state index in [1.54, 1.807) is 27.0 Å². The summed E-state index contributed by atoms with van der Waals surface area (Å²) in [6.07, 6.45) is 0. The summed E-state index contributed by atoms with van der Waals surface area (Å²) in [6, 6.07) is 9.82. The molecule has 158 valence electrons. The van der Waals surface area contributed by atoms with Crippen molar-refractivity contribution < 1.29 is 14.3 Å². The van der Waals surface area contributed by atoms with Gasteiger partial charge in [0.2, 0.25) is 5.91 Å². The maximum atomic E-state index is 12.4. The van der Waals surface area contributed by atoms with Gasteiger partial charge in [-0.05, 0) is 36.9 Å². The highest BCUT2D eigenvalue weighted by Gasteiger charge is 2.20. The van der Waals surface area contributed by atoms with Crippen LogP contribution in [-0.2, 0) is 16.1 Å². The van der Waals surface area contributed by atoms with Crippen LogP contribution in [0.15, 0.2) is 46.5 Å². The summed E-state index contributed by atoms with van der Waals surface area (Å²) in [5, 5.41) is 6.79. The first-order chi connectivity index (χ1) is 14.9. The number of hydrogen-bond donors (Lipinski definition) is 0. The van der Waals surface area contributed by atoms with Crippen LogP contribution in [0.1, 0.15) is 34.2 Å². The van der Waals surface area contributed by atoms with Crippen molar-refractivity contribution in [1.82, 2.24) is 9.97 Å². The normalized spacial score (nSPS) is 10.8. The van der Waals surface area contributed by atoms with Gasteiger partial charge in [0.25, 0.3) is 0 Å². The van der Waals surface area contributed by atoms with Crippen molar-refractivity contribution in [3.8, 4) is 9.88 Å². The molecule has 31 heavy (non-hydrogen) atoms. The Morgan fingerprint density at radius 2 is 1.90 bits per heavy atom. The fourth-order valence-corrected chi connectivity index (χ4v) is 5.49. The Morgan fingerprint density at radius 3 is 2.61 bits per heavy atom. The number of aryl methyl sites for hydroxylation is 2. The van der Waals surface area contributed by atoms with Crippen molar-refractivity contribution >= 4 is 56.7 Å². The average Bonchev–Trinajstić information content (AvgIpc) is 3.49. The molecule has 0 fully saturated rings. The van der Waals surface area contributed by atoms with E-state index in [2.05, 4.69) is 9.97 Å². The van der Waals surface area contributed by atoms with Gasteiger partial charge >= 0.3 is 5.97 Å². The van der Waals surface area contributed by atoms with E-state index < -0.39 is 5.97 Å². The van der Waals surface area contributed by atoms with Gasteiger partial charge in [0.05, 0.1) is 16.3 Å². The molecule has 0 spiro atoms. The third-order valence-electron chi connectivity index (χ3n) is 4.44. The molecule has 0 saturated heterocycles. The number of anilines is 2. The summed E-state index contributed by atoms with van der Waals surface area (Å²) in [4.78, 5) is 36.2. The van der Waals surface area contributed by atoms with E-state index in [0.29, 0.717) is 10.8 Å². The zero-order valence-corrected chi connectivity index (χ0v) is 19.6. The Morgan fingerprint density at radius 1 is 1.06 bits per heavy atom. The number of amides is 1. The first-order valence-corrected chi connectivity index (χ1v) is 12.0. The van der Waals surface area contributed by atoms with Crippen molar-refractivity contribution in [2.24, 2.45) is 0 Å². The Balaban J connectivity index is 1.46. The summed E-state index contributed by atoms with van der Waals surface area (Å²) in [6.45, 7) is 5.50. The topological polar surface area (TPSA) is 72.4 Å². The molecule has 0 radical (unpaired) electrons. The molecule has 3 aromatic heterocycles. The SMILES string of the molecule is CC(=O)N(c1nc(COC(=O)c2csc(-c3cccs3)n2)cs1)c1ccc(C)cc1C. The largest absolute Gasteiger partial charge is 0.454 e. The van der Waals surface area contributed by atoms with E-state index in [0.717, 1.165) is 26.7 Å². The average molecular weight is 470 g/mol. The number of rotatable bonds is 6. The van der Waals surface area contributed by atoms with Crippen LogP contribution in [0.2, 0.25) is 0 Å². The summed E-state index contributed by atoms with van der Waals surface area (Å²) in [5.41, 5.74) is 3.77. The fourth-order valence-electron chi connectivity index (χ4n) is 3.02.